The number of carboxylic acid groups (broad SMARTS) is 1. The Morgan fingerprint density at radius 1 is 1.09 bits per heavy atom. The molecule has 0 spiro atoms. The van der Waals surface area contributed by atoms with Crippen molar-refractivity contribution in [2.24, 2.45) is 0 Å². The Kier molecular flexibility index (Phi) is 5.81. The first-order valence-electron chi connectivity index (χ1n) is 10.4. The van der Waals surface area contributed by atoms with E-state index in [4.69, 9.17) is 8.83 Å². The third-order valence-corrected chi connectivity index (χ3v) is 5.61. The van der Waals surface area contributed by atoms with Gasteiger partial charge in [0.05, 0.1) is 18.2 Å². The Bertz CT molecular complexity index is 1370. The van der Waals surface area contributed by atoms with Crippen LogP contribution in [-0.2, 0) is 16.0 Å². The van der Waals surface area contributed by atoms with Gasteiger partial charge in [-0.15, -0.1) is 0 Å². The van der Waals surface area contributed by atoms with Crippen LogP contribution in [0, 0.1) is 6.92 Å². The molecule has 0 aliphatic heterocycles. The van der Waals surface area contributed by atoms with Crippen molar-refractivity contribution < 1.29 is 23.5 Å². The van der Waals surface area contributed by atoms with Gasteiger partial charge in [0.15, 0.2) is 0 Å². The number of hydrogen-bond acceptors (Lipinski definition) is 5. The molecule has 7 nitrogen and oxygen atoms in total. The number of aryl methyl sites for hydroxylation is 1. The smallest absolute Gasteiger partial charge is 0.340 e. The second-order valence-corrected chi connectivity index (χ2v) is 7.78. The summed E-state index contributed by atoms with van der Waals surface area (Å²) >= 11 is 0. The molecule has 2 N–H and O–H groups in total. The van der Waals surface area contributed by atoms with E-state index in [0.29, 0.717) is 35.0 Å². The number of carboxylic acids is 1. The second kappa shape index (κ2) is 8.70. The van der Waals surface area contributed by atoms with Gasteiger partial charge in [0.1, 0.15) is 17.2 Å². The van der Waals surface area contributed by atoms with Crippen molar-refractivity contribution >= 4 is 33.8 Å². The number of carbonyl (C=O) groups excluding carboxylic acids is 1. The van der Waals surface area contributed by atoms with Crippen LogP contribution in [0.1, 0.15) is 30.9 Å². The van der Waals surface area contributed by atoms with Crippen molar-refractivity contribution in [3.8, 4) is 11.1 Å². The number of nitrogens with one attached hydrogen (secondary N) is 1. The number of benzene rings is 2. The first kappa shape index (κ1) is 21.4. The number of rotatable bonds is 7. The van der Waals surface area contributed by atoms with Crippen LogP contribution in [0.25, 0.3) is 33.1 Å². The zero-order valence-electron chi connectivity index (χ0n) is 17.8. The molecule has 4 aromatic rings. The molecule has 0 fully saturated rings. The third-order valence-electron chi connectivity index (χ3n) is 5.61. The van der Waals surface area contributed by atoms with Gasteiger partial charge >= 0.3 is 11.6 Å². The molecule has 7 heteroatoms. The van der Waals surface area contributed by atoms with Gasteiger partial charge in [0, 0.05) is 22.4 Å². The highest BCUT2D eigenvalue weighted by Gasteiger charge is 2.22. The summed E-state index contributed by atoms with van der Waals surface area (Å²) in [5, 5.41) is 13.3. The van der Waals surface area contributed by atoms with Gasteiger partial charge in [-0.05, 0) is 30.5 Å². The maximum atomic E-state index is 12.6. The summed E-state index contributed by atoms with van der Waals surface area (Å²) in [7, 11) is 0. The molecule has 2 aromatic heterocycles. The fraction of sp³-hybridized carbons (Fsp3) is 0.240. The Hall–Kier alpha value is -3.87. The fourth-order valence-electron chi connectivity index (χ4n) is 3.91. The number of furan rings is 1. The van der Waals surface area contributed by atoms with Crippen LogP contribution < -0.4 is 10.9 Å². The van der Waals surface area contributed by atoms with Gasteiger partial charge in [-0.2, -0.15) is 0 Å². The highest BCUT2D eigenvalue weighted by Crippen LogP contribution is 2.34. The van der Waals surface area contributed by atoms with Gasteiger partial charge in [0.25, 0.3) is 0 Å². The minimum absolute atomic E-state index is 0.208. The molecule has 2 heterocycles. The standard InChI is InChI=1S/C25H23NO6/c1-3-7-20(24(28)29)26-23(27)11-17-14(2)16-10-18-19(15-8-5-4-6-9-15)13-31-21(18)12-22(16)32-25(17)30/h4-6,8-10,12-13,20H,3,7,11H2,1-2H3,(H,26,27)(H,28,29)/t20-/m0/s1. The minimum Gasteiger partial charge on any atom is -0.480 e. The minimum atomic E-state index is -1.10. The van der Waals surface area contributed by atoms with Crippen molar-refractivity contribution in [1.29, 1.82) is 0 Å². The van der Waals surface area contributed by atoms with Gasteiger partial charge < -0.3 is 19.3 Å². The Balaban J connectivity index is 1.74. The largest absolute Gasteiger partial charge is 0.480 e. The molecular weight excluding hydrogens is 410 g/mol. The predicted molar refractivity (Wildman–Crippen MR) is 121 cm³/mol. The van der Waals surface area contributed by atoms with E-state index >= 15 is 0 Å². The van der Waals surface area contributed by atoms with Crippen LogP contribution in [0.2, 0.25) is 0 Å². The third kappa shape index (κ3) is 4.01. The Morgan fingerprint density at radius 3 is 2.53 bits per heavy atom. The van der Waals surface area contributed by atoms with Gasteiger partial charge in [-0.25, -0.2) is 9.59 Å². The zero-order chi connectivity index (χ0) is 22.8. The maximum Gasteiger partial charge on any atom is 0.340 e. The number of carbonyl (C=O) groups is 2. The van der Waals surface area contributed by atoms with E-state index in [-0.39, 0.29) is 12.0 Å². The molecule has 0 saturated heterocycles. The molecule has 0 radical (unpaired) electrons. The molecule has 0 aliphatic carbocycles. The summed E-state index contributed by atoms with van der Waals surface area (Å²) in [4.78, 5) is 36.4. The van der Waals surface area contributed by atoms with E-state index in [9.17, 15) is 19.5 Å². The Morgan fingerprint density at radius 2 is 1.84 bits per heavy atom. The van der Waals surface area contributed by atoms with E-state index in [1.165, 1.54) is 0 Å². The van der Waals surface area contributed by atoms with E-state index in [2.05, 4.69) is 5.32 Å². The van der Waals surface area contributed by atoms with Crippen LogP contribution in [0.3, 0.4) is 0 Å². The normalized spacial score (nSPS) is 12.2. The summed E-state index contributed by atoms with van der Waals surface area (Å²) < 4.78 is 11.2. The van der Waals surface area contributed by atoms with E-state index in [1.54, 1.807) is 19.3 Å². The predicted octanol–water partition coefficient (Wildman–Crippen LogP) is 4.43. The Labute approximate surface area is 183 Å². The van der Waals surface area contributed by atoms with E-state index in [0.717, 1.165) is 16.5 Å². The summed E-state index contributed by atoms with van der Waals surface area (Å²) in [6, 6.07) is 12.4. The van der Waals surface area contributed by atoms with Crippen molar-refractivity contribution in [3.05, 3.63) is 70.3 Å². The average Bonchev–Trinajstić information content (AvgIpc) is 3.18. The summed E-state index contributed by atoms with van der Waals surface area (Å²) in [5.74, 6) is -1.63. The molecule has 164 valence electrons. The highest BCUT2D eigenvalue weighted by atomic mass is 16.4. The van der Waals surface area contributed by atoms with E-state index in [1.807, 2.05) is 43.3 Å². The number of amides is 1. The lowest BCUT2D eigenvalue weighted by Crippen LogP contribution is -2.41. The summed E-state index contributed by atoms with van der Waals surface area (Å²) in [6.45, 7) is 3.60. The topological polar surface area (TPSA) is 110 Å². The number of aliphatic carboxylic acids is 1. The van der Waals surface area contributed by atoms with Crippen LogP contribution in [0.15, 0.2) is 62.4 Å². The maximum absolute atomic E-state index is 12.6. The number of fused-ring (bicyclic) bond motifs is 2. The first-order chi connectivity index (χ1) is 15.4. The molecule has 4 rings (SSSR count). The lowest BCUT2D eigenvalue weighted by molar-refractivity contribution is -0.141. The lowest BCUT2D eigenvalue weighted by atomic mass is 9.99. The SMILES string of the molecule is CCC[C@H](NC(=O)Cc1c(C)c2cc3c(-c4ccccc4)coc3cc2oc1=O)C(=O)O. The van der Waals surface area contributed by atoms with E-state index < -0.39 is 23.5 Å². The summed E-state index contributed by atoms with van der Waals surface area (Å²) in [6.07, 6.45) is 2.33. The van der Waals surface area contributed by atoms with Crippen molar-refractivity contribution in [1.82, 2.24) is 5.32 Å². The quantitative estimate of drug-likeness (QED) is 0.417. The van der Waals surface area contributed by atoms with Crippen LogP contribution >= 0.6 is 0 Å². The molecule has 0 saturated carbocycles. The van der Waals surface area contributed by atoms with Crippen molar-refractivity contribution in [3.63, 3.8) is 0 Å². The highest BCUT2D eigenvalue weighted by molar-refractivity contribution is 6.02. The molecule has 0 aliphatic rings. The van der Waals surface area contributed by atoms with Crippen LogP contribution in [0.4, 0.5) is 0 Å². The molecule has 0 unspecified atom stereocenters. The molecule has 1 amide bonds. The lowest BCUT2D eigenvalue weighted by Gasteiger charge is -2.14. The van der Waals surface area contributed by atoms with Gasteiger partial charge in [0.2, 0.25) is 5.91 Å². The van der Waals surface area contributed by atoms with Gasteiger partial charge in [-0.1, -0.05) is 43.7 Å². The number of hydrogen-bond donors (Lipinski definition) is 2. The van der Waals surface area contributed by atoms with Gasteiger partial charge in [-0.3, -0.25) is 4.79 Å². The van der Waals surface area contributed by atoms with Crippen molar-refractivity contribution in [2.75, 3.05) is 0 Å². The monoisotopic (exact) mass is 433 g/mol. The van der Waals surface area contributed by atoms with Crippen molar-refractivity contribution in [2.45, 2.75) is 39.2 Å². The molecule has 1 atom stereocenters. The van der Waals surface area contributed by atoms with Crippen LogP contribution in [-0.4, -0.2) is 23.0 Å². The molecule has 2 aromatic carbocycles. The molecule has 32 heavy (non-hydrogen) atoms. The summed E-state index contributed by atoms with van der Waals surface area (Å²) in [5.41, 5.74) is 3.07. The zero-order valence-corrected chi connectivity index (χ0v) is 17.8. The second-order valence-electron chi connectivity index (χ2n) is 7.78. The fourth-order valence-corrected chi connectivity index (χ4v) is 3.91. The average molecular weight is 433 g/mol. The molecular formula is C25H23NO6. The molecule has 0 bridgehead atoms. The first-order valence-corrected chi connectivity index (χ1v) is 10.4. The van der Waals surface area contributed by atoms with Crippen LogP contribution in [0.5, 0.6) is 0 Å².